The molecule has 14 nitrogen and oxygen atoms in total. The number of aliphatic hydroxyl groups excluding tert-OH is 4. The molecule has 2 heterocycles. The van der Waals surface area contributed by atoms with Crippen molar-refractivity contribution < 1.29 is 49.4 Å². The summed E-state index contributed by atoms with van der Waals surface area (Å²) in [6.45, 7) is 8.29. The Morgan fingerprint density at radius 2 is 1.81 bits per heavy atom. The molecule has 14 heteroatoms. The Balaban J connectivity index is 2.06. The van der Waals surface area contributed by atoms with E-state index in [-0.39, 0.29) is 44.6 Å². The molecule has 8 N–H and O–H groups in total. The Hall–Kier alpha value is -4.08. The molecular weight excluding hydrogens is 684 g/mol. The van der Waals surface area contributed by atoms with Crippen LogP contribution >= 0.6 is 0 Å². The fourth-order valence-electron chi connectivity index (χ4n) is 6.38. The number of rotatable bonds is 8. The summed E-state index contributed by atoms with van der Waals surface area (Å²) in [4.78, 5) is 55.5. The van der Waals surface area contributed by atoms with E-state index in [4.69, 9.17) is 4.74 Å². The first-order chi connectivity index (χ1) is 25.1. The van der Waals surface area contributed by atoms with Gasteiger partial charge in [-0.3, -0.25) is 24.2 Å². The van der Waals surface area contributed by atoms with Gasteiger partial charge in [0.15, 0.2) is 0 Å². The highest BCUT2D eigenvalue weighted by Crippen LogP contribution is 2.24. The zero-order chi connectivity index (χ0) is 39.2. The maximum atomic E-state index is 14.2. The number of aliphatic hydroxyl groups is 4. The summed E-state index contributed by atoms with van der Waals surface area (Å²) in [5.74, 6) is -4.89. The van der Waals surface area contributed by atoms with Gasteiger partial charge in [0, 0.05) is 25.3 Å². The molecule has 3 amide bonds. The van der Waals surface area contributed by atoms with Gasteiger partial charge in [-0.25, -0.2) is 5.43 Å². The molecule has 1 unspecified atom stereocenters. The summed E-state index contributed by atoms with van der Waals surface area (Å²) in [6, 6.07) is 3.04. The maximum absolute atomic E-state index is 14.2. The van der Waals surface area contributed by atoms with E-state index in [1.54, 1.807) is 65.0 Å². The average molecular weight is 743 g/mol. The van der Waals surface area contributed by atoms with Gasteiger partial charge in [-0.1, -0.05) is 63.3 Å². The number of benzene rings is 1. The second-order valence-electron chi connectivity index (χ2n) is 14.5. The molecule has 0 aromatic heterocycles. The molecule has 1 saturated heterocycles. The van der Waals surface area contributed by atoms with E-state index in [0.717, 1.165) is 0 Å². The lowest BCUT2D eigenvalue weighted by Crippen LogP contribution is -2.62. The van der Waals surface area contributed by atoms with Crippen LogP contribution in [0.5, 0.6) is 5.75 Å². The number of phenols is 1. The van der Waals surface area contributed by atoms with Crippen LogP contribution in [-0.4, -0.2) is 110 Å². The number of hydrazine groups is 1. The predicted octanol–water partition coefficient (Wildman–Crippen LogP) is 1.56. The summed E-state index contributed by atoms with van der Waals surface area (Å²) < 4.78 is 5.87. The average Bonchev–Trinajstić information content (AvgIpc) is 3.11. The number of cyclic esters (lactones) is 1. The Morgan fingerprint density at radius 1 is 1.08 bits per heavy atom. The summed E-state index contributed by atoms with van der Waals surface area (Å²) in [6.07, 6.45) is 5.19. The van der Waals surface area contributed by atoms with E-state index in [9.17, 15) is 44.7 Å². The highest BCUT2D eigenvalue weighted by molar-refractivity contribution is 5.93. The van der Waals surface area contributed by atoms with Gasteiger partial charge in [-0.2, -0.15) is 0 Å². The zero-order valence-electron chi connectivity index (χ0n) is 31.4. The lowest BCUT2D eigenvalue weighted by molar-refractivity contribution is -0.156. The predicted molar refractivity (Wildman–Crippen MR) is 198 cm³/mol. The number of allylic oxidation sites excluding steroid dienone is 2. The van der Waals surface area contributed by atoms with Crippen molar-refractivity contribution in [2.24, 2.45) is 17.8 Å². The van der Waals surface area contributed by atoms with E-state index < -0.39 is 84.0 Å². The molecule has 2 aliphatic rings. The molecular formula is C39H58N4O10. The molecule has 0 radical (unpaired) electrons. The van der Waals surface area contributed by atoms with Crippen molar-refractivity contribution in [3.63, 3.8) is 0 Å². The minimum atomic E-state index is -1.36. The number of phenolic OH excluding ortho intramolecular Hbond substituents is 1. The number of aromatic hydroxyl groups is 1. The number of carbonyl (C=O) groups is 4. The van der Waals surface area contributed by atoms with Gasteiger partial charge >= 0.3 is 5.97 Å². The smallest absolute Gasteiger partial charge is 0.325 e. The van der Waals surface area contributed by atoms with Crippen molar-refractivity contribution in [2.75, 3.05) is 13.2 Å². The first-order valence-electron chi connectivity index (χ1n) is 18.4. The Morgan fingerprint density at radius 3 is 2.47 bits per heavy atom. The van der Waals surface area contributed by atoms with Crippen molar-refractivity contribution in [3.8, 4) is 5.75 Å². The Bertz CT molecular complexity index is 1480. The molecule has 2 aliphatic heterocycles. The highest BCUT2D eigenvalue weighted by atomic mass is 16.5. The van der Waals surface area contributed by atoms with E-state index in [2.05, 4.69) is 16.1 Å². The minimum absolute atomic E-state index is 0.0246. The fourth-order valence-corrected chi connectivity index (χ4v) is 6.38. The molecule has 0 aliphatic carbocycles. The van der Waals surface area contributed by atoms with Crippen LogP contribution in [0.4, 0.5) is 0 Å². The summed E-state index contributed by atoms with van der Waals surface area (Å²) >= 11 is 0. The fraction of sp³-hybridized carbons (Fsp3) is 0.590. The second kappa shape index (κ2) is 21.0. The van der Waals surface area contributed by atoms with Crippen molar-refractivity contribution in [1.29, 1.82) is 0 Å². The van der Waals surface area contributed by atoms with E-state index >= 15 is 0 Å². The Kier molecular flexibility index (Phi) is 17.1. The molecule has 53 heavy (non-hydrogen) atoms. The van der Waals surface area contributed by atoms with E-state index in [1.165, 1.54) is 29.3 Å². The number of amides is 3. The molecule has 0 spiro atoms. The van der Waals surface area contributed by atoms with Gasteiger partial charge < -0.3 is 40.9 Å². The summed E-state index contributed by atoms with van der Waals surface area (Å²) in [5, 5.41) is 58.9. The molecule has 2 bridgehead atoms. The highest BCUT2D eigenvalue weighted by Gasteiger charge is 2.38. The lowest BCUT2D eigenvalue weighted by Gasteiger charge is -2.36. The Labute approximate surface area is 312 Å². The standard InChI is InChI=1S/C39H58N4O10/c1-23(2)34-37(50)40-31(22-27-11-9-12-28(46)21-27)38(51)43-19-10-13-30(42-43)39(52)53-33(24(3)18-20-44)15-8-6-7-14-32(47)26(5)35(48)29(36(49)41-34)17-16-25(4)45/h6-9,11-12,14,18,21,23,25-26,29-35,42,44-48H,10,13,15-17,19-20,22H2,1-5H3,(H,40,50)(H,41,49)/b8-6+,14-7+,24-18+/t25?,26-,29+,30-,31-,32-,33-,34-,35+/m0/s1. The van der Waals surface area contributed by atoms with Gasteiger partial charge in [0.1, 0.15) is 30.0 Å². The third kappa shape index (κ3) is 13.1. The molecule has 9 atom stereocenters. The number of fused-ring (bicyclic) bond motifs is 2. The van der Waals surface area contributed by atoms with Crippen molar-refractivity contribution in [2.45, 2.75) is 116 Å². The number of nitrogens with one attached hydrogen (secondary N) is 3. The first kappa shape index (κ1) is 43.3. The van der Waals surface area contributed by atoms with Crippen LogP contribution in [0.1, 0.15) is 72.3 Å². The summed E-state index contributed by atoms with van der Waals surface area (Å²) in [7, 11) is 0. The van der Waals surface area contributed by atoms with Gasteiger partial charge in [0.25, 0.3) is 5.91 Å². The van der Waals surface area contributed by atoms with Gasteiger partial charge in [0.2, 0.25) is 11.8 Å². The number of ether oxygens (including phenoxy) is 1. The SMILES string of the molecule is C/C(=C\CO)[C@@H]1C/C=C/C=C/[C@H](O)[C@H](C)[C@@H](O)[C@@H](CCC(C)O)C(=O)N[C@@H](C(C)C)C(=O)N[C@@H](Cc2cccc(O)c2)C(=O)N2CCC[C@H](N2)C(=O)O1. The van der Waals surface area contributed by atoms with Crippen molar-refractivity contribution in [3.05, 3.63) is 65.8 Å². The van der Waals surface area contributed by atoms with Crippen molar-refractivity contribution in [1.82, 2.24) is 21.1 Å². The monoisotopic (exact) mass is 742 g/mol. The number of esters is 1. The van der Waals surface area contributed by atoms with Crippen LogP contribution in [0.25, 0.3) is 0 Å². The molecule has 1 aromatic rings. The number of hydrogen-bond acceptors (Lipinski definition) is 11. The van der Waals surface area contributed by atoms with Crippen LogP contribution < -0.4 is 16.1 Å². The number of nitrogens with zero attached hydrogens (tertiary/aromatic N) is 1. The van der Waals surface area contributed by atoms with Crippen LogP contribution in [0.3, 0.4) is 0 Å². The maximum Gasteiger partial charge on any atom is 0.325 e. The normalized spacial score (nSPS) is 30.7. The molecule has 294 valence electrons. The first-order valence-corrected chi connectivity index (χ1v) is 18.4. The quantitative estimate of drug-likeness (QED) is 0.141. The van der Waals surface area contributed by atoms with Crippen LogP contribution in [-0.2, 0) is 30.3 Å². The number of carbonyl (C=O) groups excluding carboxylic acids is 4. The van der Waals surface area contributed by atoms with E-state index in [1.807, 2.05) is 0 Å². The topological polar surface area (TPSA) is 218 Å². The van der Waals surface area contributed by atoms with Gasteiger partial charge in [0.05, 0.1) is 30.8 Å². The molecule has 1 aromatic carbocycles. The van der Waals surface area contributed by atoms with Crippen LogP contribution in [0, 0.1) is 17.8 Å². The third-order valence-corrected chi connectivity index (χ3v) is 9.76. The molecule has 1 fully saturated rings. The largest absolute Gasteiger partial charge is 0.508 e. The summed E-state index contributed by atoms with van der Waals surface area (Å²) in [5.41, 5.74) is 4.13. The van der Waals surface area contributed by atoms with E-state index in [0.29, 0.717) is 24.0 Å². The number of hydrogen-bond donors (Lipinski definition) is 8. The van der Waals surface area contributed by atoms with Crippen LogP contribution in [0.2, 0.25) is 0 Å². The lowest BCUT2D eigenvalue weighted by atomic mass is 9.84. The van der Waals surface area contributed by atoms with Gasteiger partial charge in [-0.05, 0) is 68.7 Å². The van der Waals surface area contributed by atoms with Gasteiger partial charge in [-0.15, -0.1) is 0 Å². The second-order valence-corrected chi connectivity index (χ2v) is 14.5. The zero-order valence-corrected chi connectivity index (χ0v) is 31.4. The molecule has 3 rings (SSSR count). The molecule has 0 saturated carbocycles. The minimum Gasteiger partial charge on any atom is -0.508 e. The van der Waals surface area contributed by atoms with Crippen molar-refractivity contribution >= 4 is 23.7 Å². The van der Waals surface area contributed by atoms with Crippen LogP contribution in [0.15, 0.2) is 60.2 Å². The third-order valence-electron chi connectivity index (χ3n) is 9.76.